The molecule has 0 saturated heterocycles. The number of hydrogen-bond acceptors (Lipinski definition) is 6. The van der Waals surface area contributed by atoms with Gasteiger partial charge in [-0.05, 0) is 55.0 Å². The number of hydrogen-bond donors (Lipinski definition) is 2. The smallest absolute Gasteiger partial charge is 0.357 e. The van der Waals surface area contributed by atoms with Gasteiger partial charge in [0.1, 0.15) is 11.6 Å². The highest BCUT2D eigenvalue weighted by Crippen LogP contribution is 2.31. The molecule has 3 aromatic carbocycles. The maximum atomic E-state index is 12.7. The first-order valence-corrected chi connectivity index (χ1v) is 11.2. The molecule has 1 amide bonds. The summed E-state index contributed by atoms with van der Waals surface area (Å²) in [5.74, 6) is -1.77. The van der Waals surface area contributed by atoms with Gasteiger partial charge in [-0.25, -0.2) is 14.5 Å². The number of aromatic nitrogens is 3. The predicted octanol–water partition coefficient (Wildman–Crippen LogP) is 4.32. The van der Waals surface area contributed by atoms with Crippen molar-refractivity contribution >= 4 is 49.9 Å². The Bertz CT molecular complexity index is 1640. The van der Waals surface area contributed by atoms with E-state index in [1.54, 1.807) is 35.6 Å². The fourth-order valence-corrected chi connectivity index (χ4v) is 4.76. The average molecular weight is 471 g/mol. The number of aromatic carboxylic acids is 1. The van der Waals surface area contributed by atoms with E-state index in [1.807, 2.05) is 31.2 Å². The third kappa shape index (κ3) is 4.04. The Balaban J connectivity index is 1.36. The minimum absolute atomic E-state index is 0.193. The largest absolute Gasteiger partial charge is 0.476 e. The highest BCUT2D eigenvalue weighted by Gasteiger charge is 2.17. The summed E-state index contributed by atoms with van der Waals surface area (Å²) in [5, 5.41) is 17.4. The van der Waals surface area contributed by atoms with Crippen LogP contribution < -0.4 is 10.9 Å². The first kappa shape index (κ1) is 21.5. The number of aryl methyl sites for hydroxylation is 1. The minimum atomic E-state index is -1.27. The van der Waals surface area contributed by atoms with E-state index in [-0.39, 0.29) is 16.5 Å². The fourth-order valence-electron chi connectivity index (χ4n) is 3.69. The van der Waals surface area contributed by atoms with Crippen molar-refractivity contribution in [2.75, 3.05) is 5.32 Å². The Morgan fingerprint density at radius 1 is 1.03 bits per heavy atom. The SMILES string of the molecule is Cc1ccc2nc(-c3ccc(NC(=O)Cn4nc(C(=O)O)c5ccccc5c4=O)cc3)sc2c1. The Morgan fingerprint density at radius 2 is 1.76 bits per heavy atom. The van der Waals surface area contributed by atoms with E-state index in [1.165, 1.54) is 17.7 Å². The lowest BCUT2D eigenvalue weighted by Gasteiger charge is -2.10. The van der Waals surface area contributed by atoms with Crippen LogP contribution in [0.25, 0.3) is 31.6 Å². The Kier molecular flexibility index (Phi) is 5.39. The van der Waals surface area contributed by atoms with Crippen LogP contribution in [0, 0.1) is 6.92 Å². The van der Waals surface area contributed by atoms with Gasteiger partial charge >= 0.3 is 5.97 Å². The molecule has 5 aromatic rings. The molecule has 8 nitrogen and oxygen atoms in total. The molecular weight excluding hydrogens is 452 g/mol. The second-order valence-corrected chi connectivity index (χ2v) is 8.81. The summed E-state index contributed by atoms with van der Waals surface area (Å²) in [5.41, 5.74) is 2.78. The Labute approximate surface area is 197 Å². The number of carboxylic acids is 1. The topological polar surface area (TPSA) is 114 Å². The molecule has 0 aliphatic rings. The van der Waals surface area contributed by atoms with Crippen LogP contribution in [0.3, 0.4) is 0 Å². The number of carbonyl (C=O) groups excluding carboxylic acids is 1. The molecule has 0 bridgehead atoms. The van der Waals surface area contributed by atoms with Gasteiger partial charge in [-0.3, -0.25) is 9.59 Å². The molecule has 0 fully saturated rings. The van der Waals surface area contributed by atoms with E-state index in [0.717, 1.165) is 25.5 Å². The van der Waals surface area contributed by atoms with Gasteiger partial charge in [0.05, 0.1) is 15.6 Å². The predicted molar refractivity (Wildman–Crippen MR) is 131 cm³/mol. The molecule has 2 heterocycles. The maximum absolute atomic E-state index is 12.7. The second kappa shape index (κ2) is 8.53. The van der Waals surface area contributed by atoms with Crippen LogP contribution >= 0.6 is 11.3 Å². The summed E-state index contributed by atoms with van der Waals surface area (Å²) in [6, 6.07) is 19.7. The second-order valence-electron chi connectivity index (χ2n) is 7.78. The number of nitrogens with one attached hydrogen (secondary N) is 1. The molecule has 2 aromatic heterocycles. The number of thiazole rings is 1. The third-order valence-corrected chi connectivity index (χ3v) is 6.39. The minimum Gasteiger partial charge on any atom is -0.476 e. The normalized spacial score (nSPS) is 11.1. The quantitative estimate of drug-likeness (QED) is 0.395. The first-order valence-electron chi connectivity index (χ1n) is 10.4. The van der Waals surface area contributed by atoms with Gasteiger partial charge in [-0.2, -0.15) is 5.10 Å². The van der Waals surface area contributed by atoms with E-state index in [0.29, 0.717) is 5.69 Å². The standard InChI is InChI=1S/C25H18N4O4S/c1-14-6-11-19-20(12-14)34-23(27-19)15-7-9-16(10-8-15)26-21(30)13-29-24(31)18-5-3-2-4-17(18)22(28-29)25(32)33/h2-12H,13H2,1H3,(H,26,30)(H,32,33). The van der Waals surface area contributed by atoms with Crippen LogP contribution in [0.4, 0.5) is 5.69 Å². The molecule has 9 heteroatoms. The number of fused-ring (bicyclic) bond motifs is 2. The van der Waals surface area contributed by atoms with Crippen LogP contribution in [0.5, 0.6) is 0 Å². The zero-order valence-corrected chi connectivity index (χ0v) is 18.8. The number of benzene rings is 3. The highest BCUT2D eigenvalue weighted by atomic mass is 32.1. The summed E-state index contributed by atoms with van der Waals surface area (Å²) in [6.07, 6.45) is 0. The molecule has 0 aliphatic heterocycles. The monoisotopic (exact) mass is 470 g/mol. The molecule has 34 heavy (non-hydrogen) atoms. The van der Waals surface area contributed by atoms with Gasteiger partial charge in [0.15, 0.2) is 5.69 Å². The van der Waals surface area contributed by atoms with E-state index in [4.69, 9.17) is 0 Å². The summed E-state index contributed by atoms with van der Waals surface area (Å²) < 4.78 is 1.99. The lowest BCUT2D eigenvalue weighted by Crippen LogP contribution is -2.31. The van der Waals surface area contributed by atoms with E-state index in [2.05, 4.69) is 21.5 Å². The van der Waals surface area contributed by atoms with Crippen molar-refractivity contribution in [2.45, 2.75) is 13.5 Å². The Morgan fingerprint density at radius 3 is 2.50 bits per heavy atom. The van der Waals surface area contributed by atoms with Gasteiger partial charge in [0.25, 0.3) is 5.56 Å². The number of amides is 1. The van der Waals surface area contributed by atoms with Crippen molar-refractivity contribution < 1.29 is 14.7 Å². The molecule has 5 rings (SSSR count). The summed E-state index contributed by atoms with van der Waals surface area (Å²) in [6.45, 7) is 1.63. The number of rotatable bonds is 5. The Hall–Kier alpha value is -4.37. The molecule has 168 valence electrons. The number of carbonyl (C=O) groups is 2. The van der Waals surface area contributed by atoms with Crippen molar-refractivity contribution in [3.8, 4) is 10.6 Å². The molecule has 2 N–H and O–H groups in total. The first-order chi connectivity index (χ1) is 16.4. The van der Waals surface area contributed by atoms with Crippen molar-refractivity contribution in [2.24, 2.45) is 0 Å². The number of nitrogens with zero attached hydrogens (tertiary/aromatic N) is 3. The van der Waals surface area contributed by atoms with Gasteiger partial charge in [-0.15, -0.1) is 11.3 Å². The van der Waals surface area contributed by atoms with Gasteiger partial charge in [-0.1, -0.05) is 24.3 Å². The van der Waals surface area contributed by atoms with Gasteiger partial charge < -0.3 is 10.4 Å². The van der Waals surface area contributed by atoms with Crippen LogP contribution in [0.1, 0.15) is 16.1 Å². The van der Waals surface area contributed by atoms with Gasteiger partial charge in [0.2, 0.25) is 5.91 Å². The third-order valence-electron chi connectivity index (χ3n) is 5.32. The van der Waals surface area contributed by atoms with Crippen molar-refractivity contribution in [3.63, 3.8) is 0 Å². The van der Waals surface area contributed by atoms with Crippen molar-refractivity contribution in [1.82, 2.24) is 14.8 Å². The van der Waals surface area contributed by atoms with Gasteiger partial charge in [0, 0.05) is 16.6 Å². The fraction of sp³-hybridized carbons (Fsp3) is 0.0800. The van der Waals surface area contributed by atoms with Crippen LogP contribution in [-0.4, -0.2) is 31.7 Å². The molecule has 0 saturated carbocycles. The summed E-state index contributed by atoms with van der Waals surface area (Å²) >= 11 is 1.60. The lowest BCUT2D eigenvalue weighted by atomic mass is 10.1. The maximum Gasteiger partial charge on any atom is 0.357 e. The van der Waals surface area contributed by atoms with E-state index in [9.17, 15) is 19.5 Å². The molecule has 0 spiro atoms. The number of carboxylic acid groups (broad SMARTS) is 1. The van der Waals surface area contributed by atoms with Crippen LogP contribution in [-0.2, 0) is 11.3 Å². The molecule has 0 aliphatic carbocycles. The van der Waals surface area contributed by atoms with E-state index >= 15 is 0 Å². The molecule has 0 unspecified atom stereocenters. The zero-order chi connectivity index (χ0) is 23.8. The molecule has 0 atom stereocenters. The van der Waals surface area contributed by atoms with E-state index < -0.39 is 24.0 Å². The van der Waals surface area contributed by atoms with Crippen LogP contribution in [0.2, 0.25) is 0 Å². The molecular formula is C25H18N4O4S. The summed E-state index contributed by atoms with van der Waals surface area (Å²) in [4.78, 5) is 41.6. The lowest BCUT2D eigenvalue weighted by molar-refractivity contribution is -0.117. The van der Waals surface area contributed by atoms with Crippen molar-refractivity contribution in [3.05, 3.63) is 88.3 Å². The van der Waals surface area contributed by atoms with Crippen LogP contribution in [0.15, 0.2) is 71.5 Å². The average Bonchev–Trinajstić information content (AvgIpc) is 3.24. The highest BCUT2D eigenvalue weighted by molar-refractivity contribution is 7.21. The number of anilines is 1. The van der Waals surface area contributed by atoms with Crippen molar-refractivity contribution in [1.29, 1.82) is 0 Å². The zero-order valence-electron chi connectivity index (χ0n) is 18.0. The summed E-state index contributed by atoms with van der Waals surface area (Å²) in [7, 11) is 0. The molecule has 0 radical (unpaired) electrons.